The Morgan fingerprint density at radius 2 is 1.55 bits per heavy atom. The van der Waals surface area contributed by atoms with Gasteiger partial charge >= 0.3 is 6.03 Å². The van der Waals surface area contributed by atoms with Crippen LogP contribution in [0.3, 0.4) is 0 Å². The summed E-state index contributed by atoms with van der Waals surface area (Å²) in [7, 11) is 0. The molecule has 1 saturated heterocycles. The maximum atomic E-state index is 13.6. The first kappa shape index (κ1) is 21.1. The molecule has 0 radical (unpaired) electrons. The molecule has 0 bridgehead atoms. The SMILES string of the molecule is O=C(CN1C(=O)N[C@@](Cc2ccccc2)(c2ccccc2)C1=O)NC1CCCCCC1. The predicted octanol–water partition coefficient (Wildman–Crippen LogP) is 3.52. The van der Waals surface area contributed by atoms with E-state index in [0.717, 1.165) is 36.1 Å². The fourth-order valence-electron chi connectivity index (χ4n) is 4.65. The zero-order chi connectivity index (χ0) is 21.7. The summed E-state index contributed by atoms with van der Waals surface area (Å²) in [5.74, 6) is -0.664. The molecule has 1 atom stereocenters. The van der Waals surface area contributed by atoms with Crippen LogP contribution in [0.15, 0.2) is 60.7 Å². The average molecular weight is 420 g/mol. The molecule has 1 saturated carbocycles. The topological polar surface area (TPSA) is 78.5 Å². The number of carbonyl (C=O) groups is 3. The first-order chi connectivity index (χ1) is 15.1. The van der Waals surface area contributed by atoms with Gasteiger partial charge in [-0.2, -0.15) is 0 Å². The molecule has 0 spiro atoms. The highest BCUT2D eigenvalue weighted by Gasteiger charge is 2.52. The smallest absolute Gasteiger partial charge is 0.325 e. The summed E-state index contributed by atoms with van der Waals surface area (Å²) in [4.78, 5) is 40.2. The van der Waals surface area contributed by atoms with Gasteiger partial charge in [0.05, 0.1) is 0 Å². The minimum absolute atomic E-state index is 0.124. The molecule has 2 aromatic rings. The van der Waals surface area contributed by atoms with Gasteiger partial charge in [-0.25, -0.2) is 4.79 Å². The highest BCUT2D eigenvalue weighted by Crippen LogP contribution is 2.33. The minimum atomic E-state index is -1.22. The Morgan fingerprint density at radius 3 is 2.19 bits per heavy atom. The summed E-state index contributed by atoms with van der Waals surface area (Å²) in [5, 5.41) is 5.94. The second kappa shape index (κ2) is 9.33. The van der Waals surface area contributed by atoms with Gasteiger partial charge in [0.1, 0.15) is 6.54 Å². The molecule has 0 aromatic heterocycles. The number of hydrogen-bond acceptors (Lipinski definition) is 3. The summed E-state index contributed by atoms with van der Waals surface area (Å²) in [6, 6.07) is 18.5. The van der Waals surface area contributed by atoms with Crippen LogP contribution in [0, 0.1) is 0 Å². The van der Waals surface area contributed by atoms with Crippen molar-refractivity contribution in [3.05, 3.63) is 71.8 Å². The van der Waals surface area contributed by atoms with Crippen LogP contribution in [0.4, 0.5) is 4.79 Å². The summed E-state index contributed by atoms with van der Waals surface area (Å²) in [6.07, 6.45) is 6.81. The molecule has 162 valence electrons. The van der Waals surface area contributed by atoms with E-state index in [9.17, 15) is 14.4 Å². The lowest BCUT2D eigenvalue weighted by Crippen LogP contribution is -2.47. The fraction of sp³-hybridized carbons (Fsp3) is 0.400. The van der Waals surface area contributed by atoms with E-state index < -0.39 is 11.6 Å². The highest BCUT2D eigenvalue weighted by atomic mass is 16.2. The quantitative estimate of drug-likeness (QED) is 0.556. The van der Waals surface area contributed by atoms with Crippen molar-refractivity contribution in [3.8, 4) is 0 Å². The first-order valence-corrected chi connectivity index (χ1v) is 11.1. The summed E-state index contributed by atoms with van der Waals surface area (Å²) >= 11 is 0. The lowest BCUT2D eigenvalue weighted by Gasteiger charge is -2.27. The number of imide groups is 1. The lowest BCUT2D eigenvalue weighted by atomic mass is 9.83. The van der Waals surface area contributed by atoms with Crippen molar-refractivity contribution in [3.63, 3.8) is 0 Å². The molecule has 2 aromatic carbocycles. The van der Waals surface area contributed by atoms with Crippen LogP contribution in [-0.4, -0.2) is 35.3 Å². The molecule has 1 aliphatic carbocycles. The molecule has 6 heteroatoms. The number of rotatable bonds is 6. The Bertz CT molecular complexity index is 924. The monoisotopic (exact) mass is 419 g/mol. The number of amides is 4. The van der Waals surface area contributed by atoms with E-state index in [1.165, 1.54) is 12.8 Å². The van der Waals surface area contributed by atoms with Gasteiger partial charge < -0.3 is 10.6 Å². The molecule has 4 amide bonds. The van der Waals surface area contributed by atoms with Crippen LogP contribution in [0.5, 0.6) is 0 Å². The molecule has 2 N–H and O–H groups in total. The molecule has 4 rings (SSSR count). The zero-order valence-electron chi connectivity index (χ0n) is 17.7. The zero-order valence-corrected chi connectivity index (χ0v) is 17.7. The van der Waals surface area contributed by atoms with Crippen molar-refractivity contribution in [2.45, 2.75) is 56.5 Å². The Balaban J connectivity index is 1.54. The van der Waals surface area contributed by atoms with Crippen molar-refractivity contribution in [2.24, 2.45) is 0 Å². The molecule has 1 aliphatic heterocycles. The van der Waals surface area contributed by atoms with Crippen molar-refractivity contribution in [2.75, 3.05) is 6.54 Å². The fourth-order valence-corrected chi connectivity index (χ4v) is 4.65. The summed E-state index contributed by atoms with van der Waals surface area (Å²) < 4.78 is 0. The molecule has 0 unspecified atom stereocenters. The van der Waals surface area contributed by atoms with Crippen LogP contribution < -0.4 is 10.6 Å². The van der Waals surface area contributed by atoms with E-state index in [-0.39, 0.29) is 24.4 Å². The van der Waals surface area contributed by atoms with Gasteiger partial charge in [0, 0.05) is 12.5 Å². The number of benzene rings is 2. The van der Waals surface area contributed by atoms with Crippen molar-refractivity contribution in [1.29, 1.82) is 0 Å². The van der Waals surface area contributed by atoms with Gasteiger partial charge in [0.2, 0.25) is 5.91 Å². The van der Waals surface area contributed by atoms with Crippen molar-refractivity contribution in [1.82, 2.24) is 15.5 Å². The van der Waals surface area contributed by atoms with Crippen LogP contribution >= 0.6 is 0 Å². The van der Waals surface area contributed by atoms with Crippen LogP contribution in [0.2, 0.25) is 0 Å². The molecular formula is C25H29N3O3. The third-order valence-electron chi connectivity index (χ3n) is 6.28. The third-order valence-corrected chi connectivity index (χ3v) is 6.28. The molecule has 6 nitrogen and oxygen atoms in total. The maximum Gasteiger partial charge on any atom is 0.325 e. The number of urea groups is 1. The second-order valence-electron chi connectivity index (χ2n) is 8.51. The molecular weight excluding hydrogens is 390 g/mol. The molecule has 2 fully saturated rings. The van der Waals surface area contributed by atoms with Crippen LogP contribution in [0.1, 0.15) is 49.7 Å². The van der Waals surface area contributed by atoms with Crippen LogP contribution in [0.25, 0.3) is 0 Å². The number of hydrogen-bond donors (Lipinski definition) is 2. The predicted molar refractivity (Wildman–Crippen MR) is 118 cm³/mol. The number of carbonyl (C=O) groups excluding carboxylic acids is 3. The van der Waals surface area contributed by atoms with Crippen molar-refractivity contribution < 1.29 is 14.4 Å². The Labute approximate surface area is 183 Å². The summed E-state index contributed by atoms with van der Waals surface area (Å²) in [6.45, 7) is -0.259. The van der Waals surface area contributed by atoms with Gasteiger partial charge in [-0.05, 0) is 24.0 Å². The number of nitrogens with one attached hydrogen (secondary N) is 2. The minimum Gasteiger partial charge on any atom is -0.352 e. The van der Waals surface area contributed by atoms with Gasteiger partial charge in [0.25, 0.3) is 5.91 Å². The maximum absolute atomic E-state index is 13.6. The first-order valence-electron chi connectivity index (χ1n) is 11.1. The number of nitrogens with zero attached hydrogens (tertiary/aromatic N) is 1. The van der Waals surface area contributed by atoms with E-state index in [0.29, 0.717) is 12.0 Å². The Kier molecular flexibility index (Phi) is 6.35. The van der Waals surface area contributed by atoms with Gasteiger partial charge in [-0.15, -0.1) is 0 Å². The largest absolute Gasteiger partial charge is 0.352 e. The summed E-state index contributed by atoms with van der Waals surface area (Å²) in [5.41, 5.74) is 0.427. The Hall–Kier alpha value is -3.15. The van der Waals surface area contributed by atoms with E-state index in [4.69, 9.17) is 0 Å². The molecule has 1 heterocycles. The normalized spacial score (nSPS) is 22.1. The van der Waals surface area contributed by atoms with E-state index in [1.54, 1.807) is 0 Å². The second-order valence-corrected chi connectivity index (χ2v) is 8.51. The van der Waals surface area contributed by atoms with E-state index in [1.807, 2.05) is 60.7 Å². The lowest BCUT2D eigenvalue weighted by molar-refractivity contribution is -0.135. The van der Waals surface area contributed by atoms with E-state index >= 15 is 0 Å². The van der Waals surface area contributed by atoms with Crippen molar-refractivity contribution >= 4 is 17.8 Å². The Morgan fingerprint density at radius 1 is 0.935 bits per heavy atom. The van der Waals surface area contributed by atoms with Gasteiger partial charge in [-0.3, -0.25) is 14.5 Å². The average Bonchev–Trinajstić information content (AvgIpc) is 2.96. The van der Waals surface area contributed by atoms with E-state index in [2.05, 4.69) is 10.6 Å². The molecule has 31 heavy (non-hydrogen) atoms. The van der Waals surface area contributed by atoms with Crippen LogP contribution in [-0.2, 0) is 21.5 Å². The highest BCUT2D eigenvalue weighted by molar-refractivity contribution is 6.09. The molecule has 2 aliphatic rings. The third kappa shape index (κ3) is 4.63. The standard InChI is InChI=1S/C25H29N3O3/c29-22(26-21-15-9-1-2-10-16-21)18-28-23(30)25(27-24(28)31,20-13-7-4-8-14-20)17-19-11-5-3-6-12-19/h3-8,11-14,21H,1-2,9-10,15-18H2,(H,26,29)(H,27,31)/t25-/m0/s1. The van der Waals surface area contributed by atoms with Gasteiger partial charge in [0.15, 0.2) is 5.54 Å². The van der Waals surface area contributed by atoms with Gasteiger partial charge in [-0.1, -0.05) is 86.3 Å².